The molecule has 0 spiro atoms. The van der Waals surface area contributed by atoms with Gasteiger partial charge in [-0.25, -0.2) is 9.67 Å². The third-order valence-corrected chi connectivity index (χ3v) is 6.35. The molecule has 1 N–H and O–H groups in total. The van der Waals surface area contributed by atoms with E-state index in [1.54, 1.807) is 36.1 Å². The molecule has 0 aliphatic carbocycles. The number of nitrogens with zero attached hydrogens (tertiary/aromatic N) is 4. The van der Waals surface area contributed by atoms with Crippen LogP contribution in [0, 0.1) is 0 Å². The number of nitrogens with one attached hydrogen (secondary N) is 1. The van der Waals surface area contributed by atoms with Gasteiger partial charge in [-0.1, -0.05) is 42.5 Å². The minimum Gasteiger partial charge on any atom is -0.497 e. The highest BCUT2D eigenvalue weighted by Gasteiger charge is 2.42. The van der Waals surface area contributed by atoms with Gasteiger partial charge in [0.1, 0.15) is 18.4 Å². The van der Waals surface area contributed by atoms with Gasteiger partial charge < -0.3 is 15.0 Å². The van der Waals surface area contributed by atoms with Crippen LogP contribution in [0.3, 0.4) is 0 Å². The summed E-state index contributed by atoms with van der Waals surface area (Å²) in [5, 5.41) is 7.18. The van der Waals surface area contributed by atoms with E-state index in [9.17, 15) is 9.59 Å². The molecule has 0 unspecified atom stereocenters. The zero-order chi connectivity index (χ0) is 24.4. The van der Waals surface area contributed by atoms with Crippen LogP contribution in [0.15, 0.2) is 85.5 Å². The van der Waals surface area contributed by atoms with Gasteiger partial charge in [-0.3, -0.25) is 9.59 Å². The molecule has 0 saturated carbocycles. The number of hydrogen-bond acceptors (Lipinski definition) is 5. The fourth-order valence-electron chi connectivity index (χ4n) is 4.59. The van der Waals surface area contributed by atoms with Crippen LogP contribution in [0.25, 0.3) is 0 Å². The maximum absolute atomic E-state index is 13.7. The topological polar surface area (TPSA) is 89.3 Å². The van der Waals surface area contributed by atoms with E-state index in [0.29, 0.717) is 23.5 Å². The van der Waals surface area contributed by atoms with Gasteiger partial charge in [-0.2, -0.15) is 5.10 Å². The van der Waals surface area contributed by atoms with Crippen molar-refractivity contribution in [3.05, 3.63) is 108 Å². The summed E-state index contributed by atoms with van der Waals surface area (Å²) < 4.78 is 7.02. The number of amides is 2. The van der Waals surface area contributed by atoms with E-state index in [1.165, 1.54) is 6.33 Å². The zero-order valence-electron chi connectivity index (χ0n) is 19.5. The van der Waals surface area contributed by atoms with Crippen LogP contribution in [0.1, 0.15) is 39.0 Å². The number of carbonyl (C=O) groups is 2. The fraction of sp³-hybridized carbons (Fsp3) is 0.185. The summed E-state index contributed by atoms with van der Waals surface area (Å²) >= 11 is 0. The van der Waals surface area contributed by atoms with Gasteiger partial charge in [0, 0.05) is 18.3 Å². The lowest BCUT2D eigenvalue weighted by atomic mass is 9.79. The number of aromatic nitrogens is 3. The van der Waals surface area contributed by atoms with Gasteiger partial charge in [0.05, 0.1) is 25.6 Å². The number of ether oxygens (including phenoxy) is 1. The average Bonchev–Trinajstić information content (AvgIpc) is 3.40. The molecule has 1 aliphatic heterocycles. The number of likely N-dealkylation sites (N-methyl/N-ethyl adjacent to an activating group) is 1. The van der Waals surface area contributed by atoms with Crippen LogP contribution >= 0.6 is 0 Å². The molecule has 4 aromatic rings. The highest BCUT2D eigenvalue weighted by molar-refractivity contribution is 6.04. The molecule has 0 fully saturated rings. The Morgan fingerprint density at radius 1 is 1.03 bits per heavy atom. The molecule has 176 valence electrons. The number of carbonyl (C=O) groups excluding carboxylic acids is 2. The Balaban J connectivity index is 1.46. The van der Waals surface area contributed by atoms with Crippen LogP contribution in [-0.4, -0.2) is 45.6 Å². The van der Waals surface area contributed by atoms with E-state index in [1.807, 2.05) is 66.7 Å². The molecule has 3 aromatic carbocycles. The summed E-state index contributed by atoms with van der Waals surface area (Å²) in [7, 11) is 3.35. The Kier molecular flexibility index (Phi) is 6.01. The van der Waals surface area contributed by atoms with Gasteiger partial charge in [-0.05, 0) is 47.0 Å². The number of hydrogen-bond donors (Lipinski definition) is 1. The molecule has 1 aromatic heterocycles. The average molecular weight is 468 g/mol. The molecule has 0 saturated heterocycles. The molecular weight excluding hydrogens is 442 g/mol. The third kappa shape index (κ3) is 4.38. The van der Waals surface area contributed by atoms with Gasteiger partial charge in [0.15, 0.2) is 0 Å². The Labute approximate surface area is 203 Å². The largest absolute Gasteiger partial charge is 0.497 e. The molecule has 5 rings (SSSR count). The lowest BCUT2D eigenvalue weighted by molar-refractivity contribution is -0.119. The number of benzene rings is 3. The van der Waals surface area contributed by atoms with E-state index < -0.39 is 12.0 Å². The molecule has 0 bridgehead atoms. The number of methoxy groups -OCH3 is 1. The predicted molar refractivity (Wildman–Crippen MR) is 131 cm³/mol. The Morgan fingerprint density at radius 3 is 2.46 bits per heavy atom. The van der Waals surface area contributed by atoms with Crippen molar-refractivity contribution in [2.75, 3.05) is 19.5 Å². The molecular formula is C27H25N5O3. The minimum absolute atomic E-state index is 0.108. The SMILES string of the molecule is COc1ccc([C@@H]2[C@@H](C(=O)Nc3ccc(Cn4cncn4)cc3)c3ccccc3C(=O)N2C)cc1. The van der Waals surface area contributed by atoms with E-state index in [2.05, 4.69) is 15.4 Å². The molecule has 35 heavy (non-hydrogen) atoms. The molecule has 2 amide bonds. The van der Waals surface area contributed by atoms with Crippen molar-refractivity contribution in [3.63, 3.8) is 0 Å². The standard InChI is InChI=1S/C27H25N5O3/c1-31-25(19-9-13-21(35-2)14-10-19)24(22-5-3-4-6-23(22)27(31)34)26(33)30-20-11-7-18(8-12-20)15-32-17-28-16-29-32/h3-14,16-17,24-25H,15H2,1-2H3,(H,30,33)/t24-,25+/m0/s1. The van der Waals surface area contributed by atoms with Crippen molar-refractivity contribution in [2.45, 2.75) is 18.5 Å². The van der Waals surface area contributed by atoms with Crippen molar-refractivity contribution in [3.8, 4) is 5.75 Å². The first kappa shape index (κ1) is 22.3. The Hall–Kier alpha value is -4.46. The summed E-state index contributed by atoms with van der Waals surface area (Å²) in [6, 6.07) is 22.0. The highest BCUT2D eigenvalue weighted by atomic mass is 16.5. The fourth-order valence-corrected chi connectivity index (χ4v) is 4.59. The summed E-state index contributed by atoms with van der Waals surface area (Å²) in [6.07, 6.45) is 3.16. The van der Waals surface area contributed by atoms with Crippen LogP contribution in [0.5, 0.6) is 5.75 Å². The molecule has 2 heterocycles. The van der Waals surface area contributed by atoms with E-state index >= 15 is 0 Å². The molecule has 8 heteroatoms. The van der Waals surface area contributed by atoms with Gasteiger partial charge in [0.2, 0.25) is 5.91 Å². The normalized spacial score (nSPS) is 17.1. The first-order valence-corrected chi connectivity index (χ1v) is 11.3. The second-order valence-electron chi connectivity index (χ2n) is 8.48. The Morgan fingerprint density at radius 2 is 1.77 bits per heavy atom. The number of fused-ring (bicyclic) bond motifs is 1. The number of anilines is 1. The highest BCUT2D eigenvalue weighted by Crippen LogP contribution is 2.42. The third-order valence-electron chi connectivity index (χ3n) is 6.35. The second-order valence-corrected chi connectivity index (χ2v) is 8.48. The van der Waals surface area contributed by atoms with E-state index in [0.717, 1.165) is 16.7 Å². The monoisotopic (exact) mass is 467 g/mol. The van der Waals surface area contributed by atoms with Crippen molar-refractivity contribution in [1.82, 2.24) is 19.7 Å². The maximum Gasteiger partial charge on any atom is 0.254 e. The number of rotatable bonds is 6. The van der Waals surface area contributed by atoms with Gasteiger partial charge in [-0.15, -0.1) is 0 Å². The van der Waals surface area contributed by atoms with Crippen molar-refractivity contribution in [2.24, 2.45) is 0 Å². The van der Waals surface area contributed by atoms with Crippen LogP contribution in [0.4, 0.5) is 5.69 Å². The minimum atomic E-state index is -0.586. The van der Waals surface area contributed by atoms with Crippen molar-refractivity contribution >= 4 is 17.5 Å². The Bertz CT molecular complexity index is 1330. The lowest BCUT2D eigenvalue weighted by Crippen LogP contribution is -2.44. The van der Waals surface area contributed by atoms with Gasteiger partial charge in [0.25, 0.3) is 5.91 Å². The zero-order valence-corrected chi connectivity index (χ0v) is 19.5. The quantitative estimate of drug-likeness (QED) is 0.465. The summed E-state index contributed by atoms with van der Waals surface area (Å²) in [6.45, 7) is 0.594. The van der Waals surface area contributed by atoms with E-state index in [-0.39, 0.29) is 11.8 Å². The molecule has 8 nitrogen and oxygen atoms in total. The molecule has 1 aliphatic rings. The smallest absolute Gasteiger partial charge is 0.254 e. The van der Waals surface area contributed by atoms with Gasteiger partial charge >= 0.3 is 0 Å². The summed E-state index contributed by atoms with van der Waals surface area (Å²) in [5.74, 6) is -0.160. The summed E-state index contributed by atoms with van der Waals surface area (Å²) in [5.41, 5.74) is 3.85. The molecule has 2 atom stereocenters. The second kappa shape index (κ2) is 9.42. The first-order chi connectivity index (χ1) is 17.0. The van der Waals surface area contributed by atoms with E-state index in [4.69, 9.17) is 4.74 Å². The maximum atomic E-state index is 13.7. The molecule has 0 radical (unpaired) electrons. The van der Waals surface area contributed by atoms with Crippen molar-refractivity contribution in [1.29, 1.82) is 0 Å². The summed E-state index contributed by atoms with van der Waals surface area (Å²) in [4.78, 5) is 32.5. The van der Waals surface area contributed by atoms with Crippen LogP contribution < -0.4 is 10.1 Å². The predicted octanol–water partition coefficient (Wildman–Crippen LogP) is 3.88. The van der Waals surface area contributed by atoms with Crippen LogP contribution in [-0.2, 0) is 11.3 Å². The first-order valence-electron chi connectivity index (χ1n) is 11.3. The van der Waals surface area contributed by atoms with Crippen LogP contribution in [0.2, 0.25) is 0 Å². The van der Waals surface area contributed by atoms with Crippen molar-refractivity contribution < 1.29 is 14.3 Å². The lowest BCUT2D eigenvalue weighted by Gasteiger charge is -2.39.